The van der Waals surface area contributed by atoms with Crippen LogP contribution >= 0.6 is 0 Å². The molecule has 31 heavy (non-hydrogen) atoms. The number of aliphatic hydroxyl groups excluding tert-OH is 1. The summed E-state index contributed by atoms with van der Waals surface area (Å²) in [6.07, 6.45) is 3.93. The van der Waals surface area contributed by atoms with Crippen molar-refractivity contribution in [3.63, 3.8) is 0 Å². The van der Waals surface area contributed by atoms with Gasteiger partial charge in [0.05, 0.1) is 0 Å². The van der Waals surface area contributed by atoms with Crippen molar-refractivity contribution >= 4 is 10.0 Å². The molecule has 4 nitrogen and oxygen atoms in total. The summed E-state index contributed by atoms with van der Waals surface area (Å²) < 4.78 is 95.2. The zero-order chi connectivity index (χ0) is 22.8. The average molecular weight is 463 g/mol. The molecule has 0 unspecified atom stereocenters. The molecule has 0 heterocycles. The van der Waals surface area contributed by atoms with E-state index in [0.717, 1.165) is 24.0 Å². The van der Waals surface area contributed by atoms with Crippen molar-refractivity contribution in [1.82, 2.24) is 4.72 Å². The highest BCUT2D eigenvalue weighted by molar-refractivity contribution is 7.89. The molecule has 2 N–H and O–H groups in total. The predicted molar refractivity (Wildman–Crippen MR) is 103 cm³/mol. The molecule has 0 atom stereocenters. The first kappa shape index (κ1) is 23.6. The van der Waals surface area contributed by atoms with Crippen LogP contribution in [0.3, 0.4) is 0 Å². The number of aliphatic hydroxyl groups is 1. The zero-order valence-corrected chi connectivity index (χ0v) is 17.3. The lowest BCUT2D eigenvalue weighted by molar-refractivity contribution is 0.294. The largest absolute Gasteiger partial charge is 0.396 e. The molecule has 0 amide bonds. The van der Waals surface area contributed by atoms with Crippen LogP contribution in [0.15, 0.2) is 29.2 Å². The Hall–Kier alpha value is -2.04. The number of sulfonamides is 1. The Labute approximate surface area is 177 Å². The van der Waals surface area contributed by atoms with E-state index in [1.807, 2.05) is 24.3 Å². The van der Waals surface area contributed by atoms with Gasteiger partial charge in [0.15, 0.2) is 28.2 Å². The highest BCUT2D eigenvalue weighted by atomic mass is 32.2. The van der Waals surface area contributed by atoms with Crippen LogP contribution < -0.4 is 4.72 Å². The van der Waals surface area contributed by atoms with E-state index in [4.69, 9.17) is 5.11 Å². The highest BCUT2D eigenvalue weighted by Crippen LogP contribution is 2.41. The van der Waals surface area contributed by atoms with E-state index in [9.17, 15) is 30.4 Å². The Morgan fingerprint density at radius 3 is 1.84 bits per heavy atom. The molecule has 0 radical (unpaired) electrons. The molecule has 1 saturated carbocycles. The third kappa shape index (κ3) is 4.91. The van der Waals surface area contributed by atoms with E-state index in [0.29, 0.717) is 25.7 Å². The lowest BCUT2D eigenvalue weighted by Crippen LogP contribution is -2.38. The van der Waals surface area contributed by atoms with Gasteiger partial charge in [0.25, 0.3) is 0 Å². The van der Waals surface area contributed by atoms with Crippen LogP contribution in [0.25, 0.3) is 0 Å². The van der Waals surface area contributed by atoms with Crippen LogP contribution in [0.4, 0.5) is 22.0 Å². The van der Waals surface area contributed by atoms with Gasteiger partial charge in [-0.05, 0) is 42.2 Å². The molecule has 0 aromatic heterocycles. The molecule has 1 aliphatic carbocycles. The van der Waals surface area contributed by atoms with E-state index < -0.39 is 49.4 Å². The maximum Gasteiger partial charge on any atom is 0.246 e. The van der Waals surface area contributed by atoms with E-state index in [1.165, 1.54) is 0 Å². The second-order valence-corrected chi connectivity index (χ2v) is 9.60. The maximum absolute atomic E-state index is 14.0. The fourth-order valence-corrected chi connectivity index (χ4v) is 5.36. The van der Waals surface area contributed by atoms with Gasteiger partial charge in [-0.1, -0.05) is 37.1 Å². The predicted octanol–water partition coefficient (Wildman–Crippen LogP) is 4.00. The minimum atomic E-state index is -4.99. The van der Waals surface area contributed by atoms with Gasteiger partial charge < -0.3 is 5.11 Å². The Morgan fingerprint density at radius 2 is 1.32 bits per heavy atom. The van der Waals surface area contributed by atoms with Gasteiger partial charge >= 0.3 is 0 Å². The summed E-state index contributed by atoms with van der Waals surface area (Å²) >= 11 is 0. The second kappa shape index (κ2) is 9.22. The molecule has 0 aliphatic heterocycles. The molecule has 2 aromatic carbocycles. The van der Waals surface area contributed by atoms with Crippen molar-refractivity contribution in [1.29, 1.82) is 0 Å². The molecule has 1 aliphatic rings. The first-order chi connectivity index (χ1) is 14.6. The molecular formula is C21H22F5NO3S. The number of hydrogen-bond donors (Lipinski definition) is 2. The third-order valence-corrected chi connectivity index (χ3v) is 7.16. The van der Waals surface area contributed by atoms with Gasteiger partial charge in [-0.15, -0.1) is 0 Å². The van der Waals surface area contributed by atoms with E-state index in [-0.39, 0.29) is 13.2 Å². The standard InChI is InChI=1S/C21H22F5NO3S/c22-15-16(23)18(25)20(19(26)17(15)24)31(29,30)27-12-21(8-1-2-9-21)11-14-5-3-13(4-6-14)7-10-28/h3-6,27-28H,1-2,7-12H2. The van der Waals surface area contributed by atoms with Crippen LogP contribution in [-0.2, 0) is 22.9 Å². The Balaban J connectivity index is 1.83. The van der Waals surface area contributed by atoms with Crippen LogP contribution in [0.5, 0.6) is 0 Å². The van der Waals surface area contributed by atoms with Crippen molar-refractivity contribution in [2.75, 3.05) is 13.2 Å². The van der Waals surface area contributed by atoms with Crippen molar-refractivity contribution in [2.24, 2.45) is 5.41 Å². The van der Waals surface area contributed by atoms with Gasteiger partial charge in [-0.25, -0.2) is 35.1 Å². The van der Waals surface area contributed by atoms with E-state index >= 15 is 0 Å². The van der Waals surface area contributed by atoms with Gasteiger partial charge in [0.1, 0.15) is 0 Å². The summed E-state index contributed by atoms with van der Waals surface area (Å²) in [5.74, 6) is -11.8. The first-order valence-corrected chi connectivity index (χ1v) is 11.3. The Morgan fingerprint density at radius 1 is 0.839 bits per heavy atom. The normalized spacial score (nSPS) is 16.1. The fraction of sp³-hybridized carbons (Fsp3) is 0.429. The Kier molecular flexibility index (Phi) is 7.02. The van der Waals surface area contributed by atoms with Crippen LogP contribution in [-0.4, -0.2) is 26.7 Å². The SMILES string of the molecule is O=S(=O)(NCC1(Cc2ccc(CCO)cc2)CCCC1)c1c(F)c(F)c(F)c(F)c1F. The van der Waals surface area contributed by atoms with Crippen LogP contribution in [0.1, 0.15) is 36.8 Å². The summed E-state index contributed by atoms with van der Waals surface area (Å²) in [7, 11) is -4.99. The molecule has 2 aromatic rings. The minimum absolute atomic E-state index is 0.0166. The number of rotatable bonds is 8. The molecule has 10 heteroatoms. The molecule has 3 rings (SSSR count). The van der Waals surface area contributed by atoms with Gasteiger partial charge in [-0.3, -0.25) is 0 Å². The van der Waals surface area contributed by atoms with Crippen molar-refractivity contribution in [3.05, 3.63) is 64.5 Å². The highest BCUT2D eigenvalue weighted by Gasteiger charge is 2.38. The second-order valence-electron chi connectivity index (χ2n) is 7.90. The lowest BCUT2D eigenvalue weighted by Gasteiger charge is -2.29. The van der Waals surface area contributed by atoms with Gasteiger partial charge in [0.2, 0.25) is 15.8 Å². The molecule has 1 fully saturated rings. The zero-order valence-electron chi connectivity index (χ0n) is 16.5. The lowest BCUT2D eigenvalue weighted by atomic mass is 9.80. The summed E-state index contributed by atoms with van der Waals surface area (Å²) in [4.78, 5) is -1.87. The number of nitrogens with one attached hydrogen (secondary N) is 1. The number of halogens is 5. The number of benzene rings is 2. The van der Waals surface area contributed by atoms with E-state index in [2.05, 4.69) is 4.72 Å². The summed E-state index contributed by atoms with van der Waals surface area (Å²) in [6, 6.07) is 7.44. The van der Waals surface area contributed by atoms with E-state index in [1.54, 1.807) is 0 Å². The molecule has 170 valence electrons. The third-order valence-electron chi connectivity index (χ3n) is 5.74. The number of hydrogen-bond acceptors (Lipinski definition) is 3. The average Bonchev–Trinajstić information content (AvgIpc) is 3.20. The van der Waals surface area contributed by atoms with Crippen molar-refractivity contribution in [3.8, 4) is 0 Å². The summed E-state index contributed by atoms with van der Waals surface area (Å²) in [5, 5.41) is 9.00. The van der Waals surface area contributed by atoms with Gasteiger partial charge in [0, 0.05) is 13.2 Å². The monoisotopic (exact) mass is 463 g/mol. The molecule has 0 saturated heterocycles. The Bertz CT molecular complexity index is 1020. The van der Waals surface area contributed by atoms with Gasteiger partial charge in [-0.2, -0.15) is 0 Å². The van der Waals surface area contributed by atoms with Crippen LogP contribution in [0, 0.1) is 34.5 Å². The fourth-order valence-electron chi connectivity index (χ4n) is 4.07. The first-order valence-electron chi connectivity index (χ1n) is 9.80. The molecule has 0 bridgehead atoms. The topological polar surface area (TPSA) is 66.4 Å². The molecular weight excluding hydrogens is 441 g/mol. The maximum atomic E-state index is 14.0. The molecule has 0 spiro atoms. The quantitative estimate of drug-likeness (QED) is 0.353. The smallest absolute Gasteiger partial charge is 0.246 e. The van der Waals surface area contributed by atoms with Crippen molar-refractivity contribution < 1.29 is 35.5 Å². The minimum Gasteiger partial charge on any atom is -0.396 e. The summed E-state index contributed by atoms with van der Waals surface area (Å²) in [6.45, 7) is -0.185. The van der Waals surface area contributed by atoms with Crippen LogP contribution in [0.2, 0.25) is 0 Å². The van der Waals surface area contributed by atoms with Crippen molar-refractivity contribution in [2.45, 2.75) is 43.4 Å². The summed E-state index contributed by atoms with van der Waals surface area (Å²) in [5.41, 5.74) is 1.31.